The predicted octanol–water partition coefficient (Wildman–Crippen LogP) is 4.62. The van der Waals surface area contributed by atoms with Crippen LogP contribution in [0.25, 0.3) is 0 Å². The second-order valence-electron chi connectivity index (χ2n) is 6.09. The molecule has 0 aliphatic heterocycles. The van der Waals surface area contributed by atoms with Crippen molar-refractivity contribution in [3.63, 3.8) is 0 Å². The summed E-state index contributed by atoms with van der Waals surface area (Å²) in [5.41, 5.74) is 1.84. The van der Waals surface area contributed by atoms with Gasteiger partial charge in [0.05, 0.1) is 0 Å². The molecule has 5 nitrogen and oxygen atoms in total. The first kappa shape index (κ1) is 19.1. The first-order chi connectivity index (χ1) is 12.1. The third-order valence-corrected chi connectivity index (χ3v) is 4.09. The Bertz CT molecular complexity index is 695. The van der Waals surface area contributed by atoms with Crippen molar-refractivity contribution in [3.8, 4) is 0 Å². The molecule has 1 heterocycles. The molecule has 0 bridgehead atoms. The standard InChI is InChI=1S/C19H25N3O2S/c1-3-4-5-6-7-8-15-9-11-16(12-10-15)18(23)21-19(25)20-17-13-14(2)24-22-17/h9-13H,3-8H2,1-2H3,(H2,20,21,22,23,25). The molecule has 0 atom stereocenters. The average molecular weight is 359 g/mol. The van der Waals surface area contributed by atoms with Crippen molar-refractivity contribution in [2.75, 3.05) is 5.32 Å². The van der Waals surface area contributed by atoms with E-state index >= 15 is 0 Å². The van der Waals surface area contributed by atoms with Crippen molar-refractivity contribution in [2.24, 2.45) is 0 Å². The number of amides is 1. The van der Waals surface area contributed by atoms with E-state index in [1.54, 1.807) is 13.0 Å². The normalized spacial score (nSPS) is 10.5. The van der Waals surface area contributed by atoms with Crippen LogP contribution in [0.2, 0.25) is 0 Å². The number of nitrogens with one attached hydrogen (secondary N) is 2. The number of rotatable bonds is 8. The zero-order valence-electron chi connectivity index (χ0n) is 14.8. The van der Waals surface area contributed by atoms with Crippen LogP contribution >= 0.6 is 12.2 Å². The lowest BCUT2D eigenvalue weighted by atomic mass is 10.0. The summed E-state index contributed by atoms with van der Waals surface area (Å²) in [4.78, 5) is 12.2. The Balaban J connectivity index is 1.78. The molecule has 6 heteroatoms. The number of hydrogen-bond acceptors (Lipinski definition) is 4. The molecule has 2 N–H and O–H groups in total. The van der Waals surface area contributed by atoms with Gasteiger partial charge in [0, 0.05) is 11.6 Å². The maximum absolute atomic E-state index is 12.2. The molecule has 1 aromatic heterocycles. The molecule has 0 unspecified atom stereocenters. The van der Waals surface area contributed by atoms with Gasteiger partial charge in [0.2, 0.25) is 0 Å². The molecule has 0 aliphatic carbocycles. The number of aryl methyl sites for hydroxylation is 2. The maximum atomic E-state index is 12.2. The van der Waals surface area contributed by atoms with Crippen molar-refractivity contribution < 1.29 is 9.32 Å². The van der Waals surface area contributed by atoms with Crippen LogP contribution < -0.4 is 10.6 Å². The number of benzene rings is 1. The monoisotopic (exact) mass is 359 g/mol. The van der Waals surface area contributed by atoms with Crippen molar-refractivity contribution >= 4 is 29.1 Å². The summed E-state index contributed by atoms with van der Waals surface area (Å²) in [6.07, 6.45) is 7.37. The van der Waals surface area contributed by atoms with Crippen molar-refractivity contribution in [1.82, 2.24) is 10.5 Å². The number of unbranched alkanes of at least 4 members (excludes halogenated alkanes) is 4. The van der Waals surface area contributed by atoms with E-state index in [0.29, 0.717) is 17.1 Å². The molecular formula is C19H25N3O2S. The van der Waals surface area contributed by atoms with E-state index in [9.17, 15) is 4.79 Å². The van der Waals surface area contributed by atoms with E-state index in [2.05, 4.69) is 22.7 Å². The minimum Gasteiger partial charge on any atom is -0.360 e. The number of carbonyl (C=O) groups excluding carboxylic acids is 1. The van der Waals surface area contributed by atoms with E-state index in [1.165, 1.54) is 37.7 Å². The Labute approximate surface area is 154 Å². The fourth-order valence-electron chi connectivity index (χ4n) is 2.50. The Kier molecular flexibility index (Phi) is 7.60. The third kappa shape index (κ3) is 6.66. The van der Waals surface area contributed by atoms with E-state index in [-0.39, 0.29) is 11.0 Å². The van der Waals surface area contributed by atoms with Crippen LogP contribution in [0.5, 0.6) is 0 Å². The zero-order valence-corrected chi connectivity index (χ0v) is 15.6. The van der Waals surface area contributed by atoms with Crippen LogP contribution in [0.15, 0.2) is 34.9 Å². The molecule has 25 heavy (non-hydrogen) atoms. The van der Waals surface area contributed by atoms with E-state index in [1.807, 2.05) is 24.3 Å². The summed E-state index contributed by atoms with van der Waals surface area (Å²) >= 11 is 5.11. The number of nitrogens with zero attached hydrogens (tertiary/aromatic N) is 1. The largest absolute Gasteiger partial charge is 0.360 e. The summed E-state index contributed by atoms with van der Waals surface area (Å²) in [6, 6.07) is 9.38. The molecule has 2 aromatic rings. The summed E-state index contributed by atoms with van der Waals surface area (Å²) < 4.78 is 4.94. The van der Waals surface area contributed by atoms with Gasteiger partial charge < -0.3 is 9.84 Å². The molecule has 0 saturated heterocycles. The highest BCUT2D eigenvalue weighted by Crippen LogP contribution is 2.11. The molecule has 2 rings (SSSR count). The molecule has 0 aliphatic rings. The number of aromatic nitrogens is 1. The van der Waals surface area contributed by atoms with E-state index in [0.717, 1.165) is 6.42 Å². The minimum absolute atomic E-state index is 0.193. The molecule has 0 radical (unpaired) electrons. The van der Waals surface area contributed by atoms with Gasteiger partial charge in [-0.15, -0.1) is 0 Å². The maximum Gasteiger partial charge on any atom is 0.257 e. The lowest BCUT2D eigenvalue weighted by Gasteiger charge is -2.08. The third-order valence-electron chi connectivity index (χ3n) is 3.88. The van der Waals surface area contributed by atoms with Gasteiger partial charge in [-0.1, -0.05) is 49.9 Å². The van der Waals surface area contributed by atoms with Gasteiger partial charge in [-0.2, -0.15) is 0 Å². The zero-order chi connectivity index (χ0) is 18.1. The second-order valence-corrected chi connectivity index (χ2v) is 6.50. The van der Waals surface area contributed by atoms with E-state index < -0.39 is 0 Å². The minimum atomic E-state index is -0.243. The summed E-state index contributed by atoms with van der Waals surface area (Å²) in [5, 5.41) is 9.42. The molecule has 1 amide bonds. The molecular weight excluding hydrogens is 334 g/mol. The van der Waals surface area contributed by atoms with Crippen LogP contribution in [-0.4, -0.2) is 16.2 Å². The van der Waals surface area contributed by atoms with Crippen molar-refractivity contribution in [1.29, 1.82) is 0 Å². The summed E-state index contributed by atoms with van der Waals surface area (Å²) in [5.74, 6) is 0.898. The van der Waals surface area contributed by atoms with Gasteiger partial charge in [0.15, 0.2) is 10.9 Å². The van der Waals surface area contributed by atoms with Crippen LogP contribution in [0.4, 0.5) is 5.82 Å². The van der Waals surface area contributed by atoms with Gasteiger partial charge >= 0.3 is 0 Å². The number of carbonyl (C=O) groups is 1. The molecule has 134 valence electrons. The highest BCUT2D eigenvalue weighted by molar-refractivity contribution is 7.80. The van der Waals surface area contributed by atoms with Crippen molar-refractivity contribution in [2.45, 2.75) is 52.4 Å². The first-order valence-corrected chi connectivity index (χ1v) is 9.14. The topological polar surface area (TPSA) is 67.2 Å². The van der Waals surface area contributed by atoms with Crippen LogP contribution in [0.1, 0.15) is 60.7 Å². The van der Waals surface area contributed by atoms with Gasteiger partial charge in [-0.05, 0) is 49.7 Å². The van der Waals surface area contributed by atoms with Gasteiger partial charge in [-0.25, -0.2) is 0 Å². The van der Waals surface area contributed by atoms with Crippen LogP contribution in [-0.2, 0) is 6.42 Å². The molecule has 0 saturated carbocycles. The SMILES string of the molecule is CCCCCCCc1ccc(C(=O)NC(=S)Nc2cc(C)on2)cc1. The van der Waals surface area contributed by atoms with E-state index in [4.69, 9.17) is 16.7 Å². The fraction of sp³-hybridized carbons (Fsp3) is 0.421. The summed E-state index contributed by atoms with van der Waals surface area (Å²) in [6.45, 7) is 4.00. The predicted molar refractivity (Wildman–Crippen MR) is 104 cm³/mol. The highest BCUT2D eigenvalue weighted by Gasteiger charge is 2.09. The first-order valence-electron chi connectivity index (χ1n) is 8.73. The summed E-state index contributed by atoms with van der Waals surface area (Å²) in [7, 11) is 0. The van der Waals surface area contributed by atoms with Gasteiger partial charge in [0.25, 0.3) is 5.91 Å². The number of thiocarbonyl (C=S) groups is 1. The fourth-order valence-corrected chi connectivity index (χ4v) is 2.70. The van der Waals surface area contributed by atoms with Gasteiger partial charge in [0.1, 0.15) is 5.76 Å². The molecule has 1 aromatic carbocycles. The number of hydrogen-bond donors (Lipinski definition) is 2. The van der Waals surface area contributed by atoms with Crippen LogP contribution in [0.3, 0.4) is 0 Å². The Morgan fingerprint density at radius 3 is 2.52 bits per heavy atom. The average Bonchev–Trinajstić information content (AvgIpc) is 2.99. The van der Waals surface area contributed by atoms with Crippen LogP contribution in [0, 0.1) is 6.92 Å². The van der Waals surface area contributed by atoms with Crippen molar-refractivity contribution in [3.05, 3.63) is 47.2 Å². The lowest BCUT2D eigenvalue weighted by Crippen LogP contribution is -2.34. The number of anilines is 1. The highest BCUT2D eigenvalue weighted by atomic mass is 32.1. The second kappa shape index (κ2) is 9.93. The quantitative estimate of drug-likeness (QED) is 0.532. The lowest BCUT2D eigenvalue weighted by molar-refractivity contribution is 0.0977. The Morgan fingerprint density at radius 1 is 1.16 bits per heavy atom. The molecule has 0 fully saturated rings. The molecule has 0 spiro atoms. The Hall–Kier alpha value is -2.21. The van der Waals surface area contributed by atoms with Gasteiger partial charge in [-0.3, -0.25) is 10.1 Å². The Morgan fingerprint density at radius 2 is 1.88 bits per heavy atom. The smallest absolute Gasteiger partial charge is 0.257 e.